The van der Waals surface area contributed by atoms with Crippen molar-refractivity contribution in [1.82, 2.24) is 0 Å². The molecule has 1 aromatic rings. The minimum Gasteiger partial charge on any atom is -0.507 e. The van der Waals surface area contributed by atoms with Crippen molar-refractivity contribution in [2.45, 2.75) is 91.4 Å². The SMILES string of the molecule is CC(C)P(c1cc(C(C)(C)C)cc(C(C)(C)C)c1O)C(C)C. The minimum absolute atomic E-state index is 0.0466. The molecule has 0 aromatic heterocycles. The van der Waals surface area contributed by atoms with Gasteiger partial charge in [-0.2, -0.15) is 0 Å². The summed E-state index contributed by atoms with van der Waals surface area (Å²) in [4.78, 5) is 0. The van der Waals surface area contributed by atoms with E-state index in [1.807, 2.05) is 0 Å². The van der Waals surface area contributed by atoms with E-state index in [0.29, 0.717) is 17.1 Å². The van der Waals surface area contributed by atoms with Gasteiger partial charge in [0.05, 0.1) is 0 Å². The summed E-state index contributed by atoms with van der Waals surface area (Å²) >= 11 is 0. The Morgan fingerprint density at radius 1 is 0.818 bits per heavy atom. The molecule has 1 nitrogen and oxygen atoms in total. The highest BCUT2D eigenvalue weighted by Crippen LogP contribution is 2.49. The van der Waals surface area contributed by atoms with Crippen LogP contribution in [0.5, 0.6) is 5.75 Å². The van der Waals surface area contributed by atoms with Gasteiger partial charge < -0.3 is 5.11 Å². The smallest absolute Gasteiger partial charge is 0.126 e. The molecule has 0 spiro atoms. The summed E-state index contributed by atoms with van der Waals surface area (Å²) < 4.78 is 0. The summed E-state index contributed by atoms with van der Waals surface area (Å²) in [7, 11) is -0.371. The molecule has 0 saturated carbocycles. The topological polar surface area (TPSA) is 20.2 Å². The average Bonchev–Trinajstić information content (AvgIpc) is 2.27. The molecule has 0 aliphatic heterocycles. The van der Waals surface area contributed by atoms with Crippen LogP contribution in [0.1, 0.15) is 80.4 Å². The Labute approximate surface area is 139 Å². The molecule has 0 bridgehead atoms. The van der Waals surface area contributed by atoms with E-state index in [2.05, 4.69) is 81.4 Å². The maximum atomic E-state index is 11.0. The molecule has 126 valence electrons. The Bertz CT molecular complexity index is 508. The van der Waals surface area contributed by atoms with Gasteiger partial charge in [0.15, 0.2) is 0 Å². The monoisotopic (exact) mass is 322 g/mol. The molecular formula is C20H35OP. The molecule has 0 saturated heterocycles. The van der Waals surface area contributed by atoms with Gasteiger partial charge in [-0.1, -0.05) is 83.2 Å². The van der Waals surface area contributed by atoms with Crippen molar-refractivity contribution in [2.24, 2.45) is 0 Å². The van der Waals surface area contributed by atoms with Crippen LogP contribution in [-0.4, -0.2) is 16.4 Å². The number of phenols is 1. The summed E-state index contributed by atoms with van der Waals surface area (Å²) in [5, 5.41) is 12.2. The predicted octanol–water partition coefficient (Wildman–Crippen LogP) is 5.91. The normalized spacial score (nSPS) is 13.5. The van der Waals surface area contributed by atoms with E-state index in [1.165, 1.54) is 10.9 Å². The highest BCUT2D eigenvalue weighted by Gasteiger charge is 2.29. The van der Waals surface area contributed by atoms with Crippen LogP contribution in [0.4, 0.5) is 0 Å². The number of hydrogen-bond donors (Lipinski definition) is 1. The molecule has 0 atom stereocenters. The first kappa shape index (κ1) is 19.5. The van der Waals surface area contributed by atoms with Gasteiger partial charge in [-0.15, -0.1) is 0 Å². The molecule has 0 fully saturated rings. The number of aromatic hydroxyl groups is 1. The fraction of sp³-hybridized carbons (Fsp3) is 0.700. The zero-order chi connectivity index (χ0) is 17.5. The Morgan fingerprint density at radius 3 is 1.59 bits per heavy atom. The third-order valence-electron chi connectivity index (χ3n) is 4.15. The lowest BCUT2D eigenvalue weighted by atomic mass is 9.80. The van der Waals surface area contributed by atoms with E-state index >= 15 is 0 Å². The van der Waals surface area contributed by atoms with Gasteiger partial charge in [0, 0.05) is 10.9 Å². The van der Waals surface area contributed by atoms with E-state index < -0.39 is 0 Å². The average molecular weight is 322 g/mol. The van der Waals surface area contributed by atoms with Crippen LogP contribution in [0.2, 0.25) is 0 Å². The van der Waals surface area contributed by atoms with Crippen molar-refractivity contribution in [3.63, 3.8) is 0 Å². The maximum Gasteiger partial charge on any atom is 0.126 e. The molecule has 1 rings (SSSR count). The lowest BCUT2D eigenvalue weighted by molar-refractivity contribution is 0.449. The first-order valence-corrected chi connectivity index (χ1v) is 9.91. The van der Waals surface area contributed by atoms with Gasteiger partial charge in [-0.05, 0) is 33.8 Å². The zero-order valence-electron chi connectivity index (χ0n) is 16.2. The van der Waals surface area contributed by atoms with Crippen LogP contribution in [0.25, 0.3) is 0 Å². The molecule has 0 heterocycles. The van der Waals surface area contributed by atoms with Gasteiger partial charge in [-0.3, -0.25) is 0 Å². The molecule has 2 heteroatoms. The second kappa shape index (κ2) is 6.52. The Balaban J connectivity index is 3.69. The Kier molecular flexibility index (Phi) is 5.78. The molecule has 1 N–H and O–H groups in total. The Morgan fingerprint density at radius 2 is 1.27 bits per heavy atom. The van der Waals surface area contributed by atoms with E-state index in [9.17, 15) is 5.11 Å². The van der Waals surface area contributed by atoms with E-state index in [4.69, 9.17) is 0 Å². The van der Waals surface area contributed by atoms with Crippen LogP contribution in [0.3, 0.4) is 0 Å². The van der Waals surface area contributed by atoms with Crippen LogP contribution in [0, 0.1) is 0 Å². The summed E-state index contributed by atoms with van der Waals surface area (Å²) in [6.07, 6.45) is 0. The molecular weight excluding hydrogens is 287 g/mol. The van der Waals surface area contributed by atoms with Gasteiger partial charge in [0.1, 0.15) is 5.75 Å². The number of benzene rings is 1. The number of phenolic OH excluding ortho intramolecular Hbond substituents is 1. The Hall–Kier alpha value is -0.550. The highest BCUT2D eigenvalue weighted by molar-refractivity contribution is 7.67. The minimum atomic E-state index is -0.371. The third-order valence-corrected chi connectivity index (χ3v) is 7.28. The van der Waals surface area contributed by atoms with Crippen molar-refractivity contribution < 1.29 is 5.11 Å². The van der Waals surface area contributed by atoms with Crippen molar-refractivity contribution >= 4 is 13.2 Å². The van der Waals surface area contributed by atoms with Crippen LogP contribution < -0.4 is 5.30 Å². The first-order chi connectivity index (χ1) is 9.76. The summed E-state index contributed by atoms with van der Waals surface area (Å²) in [6.45, 7) is 22.4. The maximum absolute atomic E-state index is 11.0. The lowest BCUT2D eigenvalue weighted by Crippen LogP contribution is -2.24. The molecule has 0 aliphatic rings. The standard InChI is InChI=1S/C20H35OP/c1-13(2)22(14(3)4)17-12-15(19(5,6)7)11-16(18(17)21)20(8,9)10/h11-14,21H,1-10H3. The van der Waals surface area contributed by atoms with E-state index in [0.717, 1.165) is 5.56 Å². The van der Waals surface area contributed by atoms with E-state index in [1.54, 1.807) is 0 Å². The van der Waals surface area contributed by atoms with Crippen LogP contribution in [0.15, 0.2) is 12.1 Å². The second-order valence-electron chi connectivity index (χ2n) is 8.99. The fourth-order valence-corrected chi connectivity index (χ4v) is 5.93. The van der Waals surface area contributed by atoms with Gasteiger partial charge in [0.2, 0.25) is 0 Å². The number of hydrogen-bond acceptors (Lipinski definition) is 1. The van der Waals surface area contributed by atoms with Crippen molar-refractivity contribution in [3.05, 3.63) is 23.3 Å². The molecule has 0 aliphatic carbocycles. The van der Waals surface area contributed by atoms with Gasteiger partial charge in [-0.25, -0.2) is 0 Å². The molecule has 1 aromatic carbocycles. The van der Waals surface area contributed by atoms with Crippen LogP contribution >= 0.6 is 7.92 Å². The zero-order valence-corrected chi connectivity index (χ0v) is 17.1. The third kappa shape index (κ3) is 4.25. The van der Waals surface area contributed by atoms with Crippen LogP contribution in [-0.2, 0) is 10.8 Å². The highest BCUT2D eigenvalue weighted by atomic mass is 31.1. The van der Waals surface area contributed by atoms with E-state index in [-0.39, 0.29) is 18.8 Å². The fourth-order valence-electron chi connectivity index (χ4n) is 2.97. The molecule has 0 unspecified atom stereocenters. The molecule has 0 amide bonds. The molecule has 22 heavy (non-hydrogen) atoms. The van der Waals surface area contributed by atoms with Crippen molar-refractivity contribution in [3.8, 4) is 5.75 Å². The largest absolute Gasteiger partial charge is 0.507 e. The summed E-state index contributed by atoms with van der Waals surface area (Å²) in [5.41, 5.74) is 3.61. The first-order valence-electron chi connectivity index (χ1n) is 8.43. The van der Waals surface area contributed by atoms with Crippen molar-refractivity contribution in [2.75, 3.05) is 0 Å². The van der Waals surface area contributed by atoms with Crippen molar-refractivity contribution in [1.29, 1.82) is 0 Å². The lowest BCUT2D eigenvalue weighted by Gasteiger charge is -2.32. The quantitative estimate of drug-likeness (QED) is 0.686. The van der Waals surface area contributed by atoms with Gasteiger partial charge in [0.25, 0.3) is 0 Å². The summed E-state index contributed by atoms with van der Waals surface area (Å²) in [6, 6.07) is 4.49. The molecule has 0 radical (unpaired) electrons. The van der Waals surface area contributed by atoms with Gasteiger partial charge >= 0.3 is 0 Å². The summed E-state index contributed by atoms with van der Waals surface area (Å²) in [5.74, 6) is 0.536. The number of rotatable bonds is 3. The predicted molar refractivity (Wildman–Crippen MR) is 102 cm³/mol. The second-order valence-corrected chi connectivity index (χ2v) is 12.3.